The molecule has 168 valence electrons. The number of ether oxygens (including phenoxy) is 4. The Bertz CT molecular complexity index is 479. The SMILES string of the molecule is CC(=O)CCC(=O)NCCOCCOCCOCCOC(=O)N1CCC(C)CC1. The van der Waals surface area contributed by atoms with Gasteiger partial charge in [-0.05, 0) is 25.7 Å². The molecule has 1 fully saturated rings. The number of nitrogens with zero attached hydrogens (tertiary/aromatic N) is 1. The van der Waals surface area contributed by atoms with E-state index in [1.165, 1.54) is 6.92 Å². The molecular formula is C20H36N2O7. The van der Waals surface area contributed by atoms with E-state index in [4.69, 9.17) is 18.9 Å². The molecule has 0 spiro atoms. The summed E-state index contributed by atoms with van der Waals surface area (Å²) in [7, 11) is 0. The van der Waals surface area contributed by atoms with Gasteiger partial charge in [-0.2, -0.15) is 0 Å². The van der Waals surface area contributed by atoms with E-state index < -0.39 is 0 Å². The molecule has 0 unspecified atom stereocenters. The van der Waals surface area contributed by atoms with Gasteiger partial charge in [-0.25, -0.2) is 4.79 Å². The zero-order valence-electron chi connectivity index (χ0n) is 17.8. The molecule has 0 atom stereocenters. The van der Waals surface area contributed by atoms with Gasteiger partial charge >= 0.3 is 6.09 Å². The second kappa shape index (κ2) is 16.1. The minimum atomic E-state index is -0.260. The number of likely N-dealkylation sites (tertiary alicyclic amines) is 1. The first kappa shape index (κ1) is 25.3. The molecule has 1 aliphatic rings. The van der Waals surface area contributed by atoms with Crippen molar-refractivity contribution in [3.8, 4) is 0 Å². The van der Waals surface area contributed by atoms with Gasteiger partial charge in [0.2, 0.25) is 5.91 Å². The van der Waals surface area contributed by atoms with E-state index in [2.05, 4.69) is 12.2 Å². The highest BCUT2D eigenvalue weighted by Crippen LogP contribution is 2.16. The van der Waals surface area contributed by atoms with Gasteiger partial charge in [-0.3, -0.25) is 4.79 Å². The predicted octanol–water partition coefficient (Wildman–Crippen LogP) is 1.39. The molecule has 1 aliphatic heterocycles. The summed E-state index contributed by atoms with van der Waals surface area (Å²) in [5, 5.41) is 2.68. The summed E-state index contributed by atoms with van der Waals surface area (Å²) in [6.45, 7) is 8.31. The number of nitrogens with one attached hydrogen (secondary N) is 1. The third-order valence-corrected chi connectivity index (χ3v) is 4.51. The lowest BCUT2D eigenvalue weighted by atomic mass is 10.00. The highest BCUT2D eigenvalue weighted by molar-refractivity contribution is 5.83. The summed E-state index contributed by atoms with van der Waals surface area (Å²) in [5.41, 5.74) is 0. The molecule has 0 bridgehead atoms. The van der Waals surface area contributed by atoms with Crippen LogP contribution >= 0.6 is 0 Å². The van der Waals surface area contributed by atoms with Gasteiger partial charge in [0.15, 0.2) is 0 Å². The largest absolute Gasteiger partial charge is 0.447 e. The number of amides is 2. The molecule has 9 nitrogen and oxygen atoms in total. The summed E-state index contributed by atoms with van der Waals surface area (Å²) in [6, 6.07) is 0. The second-order valence-electron chi connectivity index (χ2n) is 7.17. The van der Waals surface area contributed by atoms with Crippen molar-refractivity contribution < 1.29 is 33.3 Å². The van der Waals surface area contributed by atoms with Gasteiger partial charge in [0, 0.05) is 32.5 Å². The van der Waals surface area contributed by atoms with Gasteiger partial charge in [0.1, 0.15) is 12.4 Å². The summed E-state index contributed by atoms with van der Waals surface area (Å²) in [6.07, 6.45) is 2.28. The molecule has 1 saturated heterocycles. The van der Waals surface area contributed by atoms with Crippen LogP contribution < -0.4 is 5.32 Å². The molecule has 9 heteroatoms. The van der Waals surface area contributed by atoms with Gasteiger partial charge in [-0.15, -0.1) is 0 Å². The molecule has 0 saturated carbocycles. The Hall–Kier alpha value is -1.71. The number of piperidine rings is 1. The van der Waals surface area contributed by atoms with Crippen LogP contribution in [-0.4, -0.2) is 88.6 Å². The Morgan fingerprint density at radius 1 is 0.862 bits per heavy atom. The van der Waals surface area contributed by atoms with E-state index in [1.807, 2.05) is 0 Å². The average molecular weight is 417 g/mol. The van der Waals surface area contributed by atoms with Crippen molar-refractivity contribution in [3.05, 3.63) is 0 Å². The molecule has 2 amide bonds. The minimum absolute atomic E-state index is 0.00527. The molecule has 0 radical (unpaired) electrons. The smallest absolute Gasteiger partial charge is 0.409 e. The van der Waals surface area contributed by atoms with E-state index in [1.54, 1.807) is 4.90 Å². The molecule has 29 heavy (non-hydrogen) atoms. The summed E-state index contributed by atoms with van der Waals surface area (Å²) < 4.78 is 21.3. The van der Waals surface area contributed by atoms with Crippen LogP contribution in [-0.2, 0) is 28.5 Å². The van der Waals surface area contributed by atoms with Crippen LogP contribution in [0.3, 0.4) is 0 Å². The number of Topliss-reactive ketones (excluding diaryl/α,β-unsaturated/α-hetero) is 1. The van der Waals surface area contributed by atoms with Gasteiger partial charge in [0.05, 0.1) is 39.6 Å². The number of hydrogen-bond acceptors (Lipinski definition) is 7. The fraction of sp³-hybridized carbons (Fsp3) is 0.850. The van der Waals surface area contributed by atoms with E-state index in [-0.39, 0.29) is 37.2 Å². The highest BCUT2D eigenvalue weighted by atomic mass is 16.6. The normalized spacial score (nSPS) is 14.6. The Morgan fingerprint density at radius 3 is 2.00 bits per heavy atom. The zero-order chi connectivity index (χ0) is 21.3. The number of hydrogen-bond donors (Lipinski definition) is 1. The first-order valence-corrected chi connectivity index (χ1v) is 10.4. The number of rotatable bonds is 15. The van der Waals surface area contributed by atoms with Crippen LogP contribution in [0.15, 0.2) is 0 Å². The lowest BCUT2D eigenvalue weighted by Gasteiger charge is -2.29. The molecule has 1 heterocycles. The molecule has 0 aliphatic carbocycles. The van der Waals surface area contributed by atoms with Crippen molar-refractivity contribution >= 4 is 17.8 Å². The number of ketones is 1. The summed E-state index contributed by atoms with van der Waals surface area (Å²) in [4.78, 5) is 35.7. The fourth-order valence-electron chi connectivity index (χ4n) is 2.65. The topological polar surface area (TPSA) is 103 Å². The molecule has 1 rings (SSSR count). The highest BCUT2D eigenvalue weighted by Gasteiger charge is 2.20. The third kappa shape index (κ3) is 14.0. The van der Waals surface area contributed by atoms with E-state index >= 15 is 0 Å². The minimum Gasteiger partial charge on any atom is -0.447 e. The quantitative estimate of drug-likeness (QED) is 0.402. The first-order chi connectivity index (χ1) is 14.0. The van der Waals surface area contributed by atoms with Crippen molar-refractivity contribution in [2.24, 2.45) is 5.92 Å². The Balaban J connectivity index is 1.79. The van der Waals surface area contributed by atoms with Crippen LogP contribution in [0.2, 0.25) is 0 Å². The lowest BCUT2D eigenvalue weighted by molar-refractivity contribution is -0.124. The second-order valence-corrected chi connectivity index (χ2v) is 7.17. The first-order valence-electron chi connectivity index (χ1n) is 10.4. The monoisotopic (exact) mass is 416 g/mol. The average Bonchev–Trinajstić information content (AvgIpc) is 2.70. The van der Waals surface area contributed by atoms with E-state index in [0.29, 0.717) is 52.1 Å². The summed E-state index contributed by atoms with van der Waals surface area (Å²) >= 11 is 0. The number of carbonyl (C=O) groups excluding carboxylic acids is 3. The van der Waals surface area contributed by atoms with E-state index in [0.717, 1.165) is 25.9 Å². The van der Waals surface area contributed by atoms with Crippen LogP contribution in [0.25, 0.3) is 0 Å². The van der Waals surface area contributed by atoms with Crippen LogP contribution in [0.5, 0.6) is 0 Å². The molecule has 0 aromatic rings. The Morgan fingerprint density at radius 2 is 1.41 bits per heavy atom. The molecule has 0 aromatic heterocycles. The van der Waals surface area contributed by atoms with Crippen molar-refractivity contribution in [3.63, 3.8) is 0 Å². The maximum absolute atomic E-state index is 11.9. The summed E-state index contributed by atoms with van der Waals surface area (Å²) in [5.74, 6) is 0.538. The third-order valence-electron chi connectivity index (χ3n) is 4.51. The van der Waals surface area contributed by atoms with Crippen LogP contribution in [0, 0.1) is 5.92 Å². The Labute approximate surface area is 173 Å². The zero-order valence-corrected chi connectivity index (χ0v) is 17.8. The molecule has 1 N–H and O–H groups in total. The van der Waals surface area contributed by atoms with Crippen molar-refractivity contribution in [2.75, 3.05) is 65.9 Å². The fourth-order valence-corrected chi connectivity index (χ4v) is 2.65. The molecular weight excluding hydrogens is 380 g/mol. The standard InChI is InChI=1S/C20H36N2O7/c1-17-5-8-22(9-6-17)20(25)29-16-15-28-14-13-27-12-11-26-10-7-21-19(24)4-3-18(2)23/h17H,3-16H2,1-2H3,(H,21,24). The van der Waals surface area contributed by atoms with Gasteiger partial charge in [0.25, 0.3) is 0 Å². The predicted molar refractivity (Wildman–Crippen MR) is 107 cm³/mol. The lowest BCUT2D eigenvalue weighted by Crippen LogP contribution is -2.38. The maximum Gasteiger partial charge on any atom is 0.409 e. The molecule has 0 aromatic carbocycles. The number of carbonyl (C=O) groups is 3. The van der Waals surface area contributed by atoms with Crippen LogP contribution in [0.4, 0.5) is 4.79 Å². The van der Waals surface area contributed by atoms with Gasteiger partial charge in [-0.1, -0.05) is 6.92 Å². The van der Waals surface area contributed by atoms with Crippen molar-refractivity contribution in [2.45, 2.75) is 39.5 Å². The van der Waals surface area contributed by atoms with Crippen molar-refractivity contribution in [1.82, 2.24) is 10.2 Å². The van der Waals surface area contributed by atoms with Gasteiger partial charge < -0.3 is 34.0 Å². The van der Waals surface area contributed by atoms with Crippen molar-refractivity contribution in [1.29, 1.82) is 0 Å². The Kier molecular flexibility index (Phi) is 14.1. The van der Waals surface area contributed by atoms with Crippen LogP contribution in [0.1, 0.15) is 39.5 Å². The van der Waals surface area contributed by atoms with E-state index in [9.17, 15) is 14.4 Å². The maximum atomic E-state index is 11.9.